The largest absolute Gasteiger partial charge is 0.388 e. The average Bonchev–Trinajstić information content (AvgIpc) is 2.42. The molecule has 1 fully saturated rings. The molecule has 2 rings (SSSR count). The van der Waals surface area contributed by atoms with Gasteiger partial charge in [0.1, 0.15) is 0 Å². The smallest absolute Gasteiger partial charge is 0.0805 e. The molecule has 19 heavy (non-hydrogen) atoms. The molecule has 0 bridgehead atoms. The summed E-state index contributed by atoms with van der Waals surface area (Å²) >= 11 is 0. The summed E-state index contributed by atoms with van der Waals surface area (Å²) in [5.74, 6) is 0.832. The van der Waals surface area contributed by atoms with Crippen LogP contribution in [-0.2, 0) is 0 Å². The highest BCUT2D eigenvalue weighted by Crippen LogP contribution is 2.27. The van der Waals surface area contributed by atoms with Crippen LogP contribution in [0.2, 0.25) is 0 Å². The van der Waals surface area contributed by atoms with E-state index in [4.69, 9.17) is 0 Å². The molecule has 0 spiro atoms. The number of aliphatic hydroxyl groups is 1. The second kappa shape index (κ2) is 6.53. The Labute approximate surface area is 117 Å². The van der Waals surface area contributed by atoms with Crippen molar-refractivity contribution >= 4 is 0 Å². The van der Waals surface area contributed by atoms with Crippen LogP contribution in [0.3, 0.4) is 0 Å². The minimum absolute atomic E-state index is 0.340. The molecule has 3 unspecified atom stereocenters. The van der Waals surface area contributed by atoms with Gasteiger partial charge in [-0.05, 0) is 62.3 Å². The van der Waals surface area contributed by atoms with Crippen LogP contribution in [0.5, 0.6) is 0 Å². The number of piperidine rings is 1. The van der Waals surface area contributed by atoms with Crippen LogP contribution in [0.4, 0.5) is 0 Å². The Morgan fingerprint density at radius 2 is 2.11 bits per heavy atom. The molecule has 1 saturated heterocycles. The fraction of sp³-hybridized carbons (Fsp3) is 0.647. The third-order valence-electron chi connectivity index (χ3n) is 4.60. The SMILES string of the molecule is CCC1CCNC(CC(O)c2ccc(C)c(C)c2)C1. The summed E-state index contributed by atoms with van der Waals surface area (Å²) in [4.78, 5) is 0. The normalized spacial score (nSPS) is 25.3. The Morgan fingerprint density at radius 1 is 1.32 bits per heavy atom. The number of aliphatic hydroxyl groups excluding tert-OH is 1. The van der Waals surface area contributed by atoms with Crippen molar-refractivity contribution < 1.29 is 5.11 Å². The molecule has 1 heterocycles. The number of hydrogen-bond donors (Lipinski definition) is 2. The summed E-state index contributed by atoms with van der Waals surface area (Å²) in [6.07, 6.45) is 4.25. The zero-order chi connectivity index (χ0) is 13.8. The Kier molecular flexibility index (Phi) is 5.00. The molecule has 0 radical (unpaired) electrons. The molecular weight excluding hydrogens is 234 g/mol. The molecule has 1 aromatic carbocycles. The van der Waals surface area contributed by atoms with Crippen molar-refractivity contribution in [3.05, 3.63) is 34.9 Å². The lowest BCUT2D eigenvalue weighted by Gasteiger charge is -2.31. The molecule has 1 aromatic rings. The van der Waals surface area contributed by atoms with Crippen molar-refractivity contribution in [1.82, 2.24) is 5.32 Å². The summed E-state index contributed by atoms with van der Waals surface area (Å²) in [6.45, 7) is 7.59. The molecule has 2 N–H and O–H groups in total. The van der Waals surface area contributed by atoms with Crippen molar-refractivity contribution in [1.29, 1.82) is 0 Å². The number of hydrogen-bond acceptors (Lipinski definition) is 2. The minimum Gasteiger partial charge on any atom is -0.388 e. The lowest BCUT2D eigenvalue weighted by molar-refractivity contribution is 0.136. The maximum absolute atomic E-state index is 10.4. The second-order valence-electron chi connectivity index (χ2n) is 6.04. The molecule has 2 nitrogen and oxygen atoms in total. The van der Waals surface area contributed by atoms with Crippen LogP contribution >= 0.6 is 0 Å². The Balaban J connectivity index is 1.96. The first-order valence-electron chi connectivity index (χ1n) is 7.58. The van der Waals surface area contributed by atoms with Crippen molar-refractivity contribution in [3.8, 4) is 0 Å². The number of rotatable bonds is 4. The van der Waals surface area contributed by atoms with E-state index in [-0.39, 0.29) is 6.10 Å². The van der Waals surface area contributed by atoms with E-state index in [2.05, 4.69) is 44.3 Å². The van der Waals surface area contributed by atoms with Gasteiger partial charge in [0.25, 0.3) is 0 Å². The summed E-state index contributed by atoms with van der Waals surface area (Å²) in [5, 5.41) is 14.0. The standard InChI is InChI=1S/C17H27NO/c1-4-14-7-8-18-16(10-14)11-17(19)15-6-5-12(2)13(3)9-15/h5-6,9,14,16-19H,4,7-8,10-11H2,1-3H3. The highest BCUT2D eigenvalue weighted by molar-refractivity contribution is 5.31. The number of nitrogens with one attached hydrogen (secondary N) is 1. The maximum Gasteiger partial charge on any atom is 0.0805 e. The summed E-state index contributed by atoms with van der Waals surface area (Å²) < 4.78 is 0. The molecule has 0 aromatic heterocycles. The first-order valence-corrected chi connectivity index (χ1v) is 7.58. The lowest BCUT2D eigenvalue weighted by Crippen LogP contribution is -2.38. The van der Waals surface area contributed by atoms with Gasteiger partial charge in [-0.25, -0.2) is 0 Å². The Morgan fingerprint density at radius 3 is 2.79 bits per heavy atom. The minimum atomic E-state index is -0.340. The van der Waals surface area contributed by atoms with E-state index in [1.165, 1.54) is 30.4 Å². The average molecular weight is 261 g/mol. The third kappa shape index (κ3) is 3.80. The van der Waals surface area contributed by atoms with Gasteiger partial charge < -0.3 is 10.4 Å². The number of aryl methyl sites for hydroxylation is 2. The van der Waals surface area contributed by atoms with Crippen LogP contribution in [0.1, 0.15) is 55.4 Å². The fourth-order valence-electron chi connectivity index (χ4n) is 3.02. The predicted octanol–water partition coefficient (Wildman–Crippen LogP) is 3.51. The van der Waals surface area contributed by atoms with E-state index in [9.17, 15) is 5.11 Å². The third-order valence-corrected chi connectivity index (χ3v) is 4.60. The van der Waals surface area contributed by atoms with Crippen LogP contribution in [0, 0.1) is 19.8 Å². The molecule has 0 saturated carbocycles. The van der Waals surface area contributed by atoms with Crippen LogP contribution in [0.25, 0.3) is 0 Å². The van der Waals surface area contributed by atoms with E-state index in [0.29, 0.717) is 6.04 Å². The quantitative estimate of drug-likeness (QED) is 0.869. The number of benzene rings is 1. The first kappa shape index (κ1) is 14.5. The summed E-state index contributed by atoms with van der Waals surface area (Å²) in [6, 6.07) is 6.76. The van der Waals surface area contributed by atoms with Gasteiger partial charge in [-0.15, -0.1) is 0 Å². The molecule has 2 heteroatoms. The zero-order valence-corrected chi connectivity index (χ0v) is 12.4. The second-order valence-corrected chi connectivity index (χ2v) is 6.04. The van der Waals surface area contributed by atoms with E-state index in [1.54, 1.807) is 0 Å². The Hall–Kier alpha value is -0.860. The van der Waals surface area contributed by atoms with Gasteiger partial charge in [-0.1, -0.05) is 31.5 Å². The zero-order valence-electron chi connectivity index (χ0n) is 12.4. The van der Waals surface area contributed by atoms with E-state index >= 15 is 0 Å². The van der Waals surface area contributed by atoms with Crippen molar-refractivity contribution in [2.75, 3.05) is 6.54 Å². The van der Waals surface area contributed by atoms with Gasteiger partial charge in [-0.3, -0.25) is 0 Å². The van der Waals surface area contributed by atoms with Gasteiger partial charge in [0, 0.05) is 6.04 Å². The van der Waals surface area contributed by atoms with Gasteiger partial charge in [0.15, 0.2) is 0 Å². The van der Waals surface area contributed by atoms with Crippen molar-refractivity contribution in [3.63, 3.8) is 0 Å². The molecule has 1 aliphatic heterocycles. The van der Waals surface area contributed by atoms with Gasteiger partial charge in [-0.2, -0.15) is 0 Å². The topological polar surface area (TPSA) is 32.3 Å². The summed E-state index contributed by atoms with van der Waals surface area (Å²) in [7, 11) is 0. The molecule has 0 amide bonds. The van der Waals surface area contributed by atoms with Crippen LogP contribution in [0.15, 0.2) is 18.2 Å². The Bertz CT molecular complexity index is 416. The molecule has 106 valence electrons. The van der Waals surface area contributed by atoms with Crippen LogP contribution in [-0.4, -0.2) is 17.7 Å². The van der Waals surface area contributed by atoms with Crippen molar-refractivity contribution in [2.24, 2.45) is 5.92 Å². The monoisotopic (exact) mass is 261 g/mol. The molecule has 3 atom stereocenters. The van der Waals surface area contributed by atoms with Gasteiger partial charge in [0.05, 0.1) is 6.10 Å². The van der Waals surface area contributed by atoms with Crippen molar-refractivity contribution in [2.45, 2.75) is 58.6 Å². The fourth-order valence-corrected chi connectivity index (χ4v) is 3.02. The van der Waals surface area contributed by atoms with E-state index < -0.39 is 0 Å². The van der Waals surface area contributed by atoms with E-state index in [1.807, 2.05) is 0 Å². The van der Waals surface area contributed by atoms with Crippen LogP contribution < -0.4 is 5.32 Å². The van der Waals surface area contributed by atoms with E-state index in [0.717, 1.165) is 24.4 Å². The lowest BCUT2D eigenvalue weighted by atomic mass is 9.87. The molecule has 0 aliphatic carbocycles. The summed E-state index contributed by atoms with van der Waals surface area (Å²) in [5.41, 5.74) is 3.61. The molecule has 1 aliphatic rings. The highest BCUT2D eigenvalue weighted by Gasteiger charge is 2.23. The van der Waals surface area contributed by atoms with Gasteiger partial charge >= 0.3 is 0 Å². The predicted molar refractivity (Wildman–Crippen MR) is 80.3 cm³/mol. The maximum atomic E-state index is 10.4. The van der Waals surface area contributed by atoms with Gasteiger partial charge in [0.2, 0.25) is 0 Å². The molecular formula is C17H27NO. The highest BCUT2D eigenvalue weighted by atomic mass is 16.3. The first-order chi connectivity index (χ1) is 9.10.